The molecule has 0 spiro atoms. The molecular formula is C38H38BrF2N3O8. The molecule has 4 atom stereocenters. The molecule has 274 valence electrons. The van der Waals surface area contributed by atoms with Gasteiger partial charge in [0.1, 0.15) is 17.4 Å². The number of fused-ring (bicyclic) bond motifs is 2. The number of rotatable bonds is 15. The number of benzene rings is 3. The number of piperazine rings is 1. The van der Waals surface area contributed by atoms with Crippen molar-refractivity contribution in [1.82, 2.24) is 15.1 Å². The molecule has 3 aromatic carbocycles. The number of halogens is 3. The number of aliphatic hydroxyl groups excluding tert-OH is 1. The minimum atomic E-state index is -2.28. The summed E-state index contributed by atoms with van der Waals surface area (Å²) >= 11 is 3.37. The first-order chi connectivity index (χ1) is 25.0. The largest absolute Gasteiger partial charge is 0.492 e. The van der Waals surface area contributed by atoms with Crippen LogP contribution in [-0.2, 0) is 36.9 Å². The van der Waals surface area contributed by atoms with E-state index in [9.17, 15) is 38.2 Å². The Bertz CT molecular complexity index is 1850. The van der Waals surface area contributed by atoms with E-state index in [4.69, 9.17) is 9.47 Å². The predicted molar refractivity (Wildman–Crippen MR) is 188 cm³/mol. The molecule has 52 heavy (non-hydrogen) atoms. The molecule has 0 radical (unpaired) electrons. The molecule has 14 heteroatoms. The van der Waals surface area contributed by atoms with E-state index in [1.165, 1.54) is 23.1 Å². The Hall–Kier alpha value is -4.66. The molecule has 3 aromatic rings. The zero-order valence-electron chi connectivity index (χ0n) is 28.1. The molecule has 2 heterocycles. The third-order valence-corrected chi connectivity index (χ3v) is 10.2. The Morgan fingerprint density at radius 1 is 1.06 bits per heavy atom. The highest BCUT2D eigenvalue weighted by atomic mass is 79.9. The number of hydrogen-bond donors (Lipinski definition) is 3. The van der Waals surface area contributed by atoms with Crippen molar-refractivity contribution in [2.75, 3.05) is 19.7 Å². The molecule has 1 saturated carbocycles. The molecule has 0 aromatic heterocycles. The highest BCUT2D eigenvalue weighted by Gasteiger charge is 2.46. The summed E-state index contributed by atoms with van der Waals surface area (Å²) in [6, 6.07) is 17.3. The molecule has 2 amide bonds. The van der Waals surface area contributed by atoms with Gasteiger partial charge in [-0.2, -0.15) is 0 Å². The molecule has 2 aliphatic heterocycles. The van der Waals surface area contributed by atoms with Crippen molar-refractivity contribution < 1.29 is 47.6 Å². The maximum atomic E-state index is 14.8. The number of aryl methyl sites for hydroxylation is 1. The van der Waals surface area contributed by atoms with Crippen molar-refractivity contribution in [3.8, 4) is 5.75 Å². The van der Waals surface area contributed by atoms with Crippen LogP contribution in [0.25, 0.3) is 5.57 Å². The van der Waals surface area contributed by atoms with Gasteiger partial charge in [-0.25, -0.2) is 13.6 Å². The molecule has 2 fully saturated rings. The smallest absolute Gasteiger partial charge is 0.337 e. The maximum absolute atomic E-state index is 14.8. The Kier molecular flexibility index (Phi) is 11.7. The van der Waals surface area contributed by atoms with Crippen molar-refractivity contribution in [2.24, 2.45) is 0 Å². The molecule has 1 saturated heterocycles. The van der Waals surface area contributed by atoms with Gasteiger partial charge in [0.05, 0.1) is 17.1 Å². The minimum absolute atomic E-state index is 0.0546. The first-order valence-electron chi connectivity index (χ1n) is 17.0. The quantitative estimate of drug-likeness (QED) is 0.152. The van der Waals surface area contributed by atoms with E-state index >= 15 is 0 Å². The number of nitrogens with zero attached hydrogens (tertiary/aromatic N) is 2. The van der Waals surface area contributed by atoms with Crippen molar-refractivity contribution in [3.05, 3.63) is 105 Å². The lowest BCUT2D eigenvalue weighted by Crippen LogP contribution is -2.64. The fourth-order valence-electron chi connectivity index (χ4n) is 6.82. The van der Waals surface area contributed by atoms with Gasteiger partial charge in [-0.05, 0) is 82.9 Å². The minimum Gasteiger partial charge on any atom is -0.492 e. The lowest BCUT2D eigenvalue weighted by molar-refractivity contribution is -0.170. The van der Waals surface area contributed by atoms with Crippen LogP contribution in [0.1, 0.15) is 42.4 Å². The zero-order valence-corrected chi connectivity index (χ0v) is 29.6. The van der Waals surface area contributed by atoms with Crippen LogP contribution >= 0.6 is 15.9 Å². The molecule has 11 nitrogen and oxygen atoms in total. The van der Waals surface area contributed by atoms with Gasteiger partial charge in [0, 0.05) is 48.9 Å². The molecular weight excluding hydrogens is 744 g/mol. The number of aliphatic carboxylic acids is 1. The number of amides is 2. The first kappa shape index (κ1) is 37.1. The summed E-state index contributed by atoms with van der Waals surface area (Å²) in [7, 11) is 0. The summed E-state index contributed by atoms with van der Waals surface area (Å²) in [4.78, 5) is 53.8. The van der Waals surface area contributed by atoms with Crippen LogP contribution in [0.15, 0.2) is 76.8 Å². The Morgan fingerprint density at radius 2 is 1.81 bits per heavy atom. The average molecular weight is 783 g/mol. The van der Waals surface area contributed by atoms with Crippen LogP contribution < -0.4 is 10.1 Å². The van der Waals surface area contributed by atoms with Gasteiger partial charge in [-0.15, -0.1) is 0 Å². The second-order valence-electron chi connectivity index (χ2n) is 13.2. The van der Waals surface area contributed by atoms with E-state index in [-0.39, 0.29) is 49.9 Å². The van der Waals surface area contributed by atoms with Gasteiger partial charge < -0.3 is 34.8 Å². The van der Waals surface area contributed by atoms with Crippen molar-refractivity contribution in [3.63, 3.8) is 0 Å². The van der Waals surface area contributed by atoms with E-state index in [1.807, 2.05) is 24.3 Å². The molecule has 3 aliphatic rings. The second kappa shape index (κ2) is 16.3. The highest BCUT2D eigenvalue weighted by molar-refractivity contribution is 9.10. The van der Waals surface area contributed by atoms with E-state index in [0.29, 0.717) is 47.2 Å². The number of nitrogens with one attached hydrogen (secondary N) is 1. The predicted octanol–water partition coefficient (Wildman–Crippen LogP) is 4.24. The number of aliphatic hydroxyl groups is 1. The summed E-state index contributed by atoms with van der Waals surface area (Å²) in [5.41, 5.74) is 3.41. The summed E-state index contributed by atoms with van der Waals surface area (Å²) in [5, 5.41) is 22.9. The van der Waals surface area contributed by atoms with Crippen LogP contribution in [0.3, 0.4) is 0 Å². The molecule has 6 rings (SSSR count). The third kappa shape index (κ3) is 8.51. The summed E-state index contributed by atoms with van der Waals surface area (Å²) in [6.45, 7) is 0.383. The normalized spacial score (nSPS) is 19.4. The van der Waals surface area contributed by atoms with Crippen LogP contribution in [-0.4, -0.2) is 94.3 Å². The van der Waals surface area contributed by atoms with Gasteiger partial charge in [0.15, 0.2) is 6.10 Å². The topological polar surface area (TPSA) is 146 Å². The van der Waals surface area contributed by atoms with E-state index in [0.717, 1.165) is 29.5 Å². The summed E-state index contributed by atoms with van der Waals surface area (Å²) in [5.74, 6) is -3.30. The summed E-state index contributed by atoms with van der Waals surface area (Å²) in [6.07, 6.45) is -1.03. The van der Waals surface area contributed by atoms with Crippen LogP contribution in [0.2, 0.25) is 0 Å². The number of carbonyl (C=O) groups excluding carboxylic acids is 3. The SMILES string of the molecule is O=CO[C@H](C(=O)N1C[C@H]2CC(c3ccc(CCCOc4cc(F)ccc4Br)cc3)=C(C(=O)N(Cc3ccccc3F)C3CC3)[C@@H](C1)N2)[C@H](O)C(=O)O. The fraction of sp³-hybridized carbons (Fsp3) is 0.368. The monoisotopic (exact) mass is 781 g/mol. The maximum Gasteiger partial charge on any atom is 0.337 e. The Labute approximate surface area is 307 Å². The molecule has 2 bridgehead atoms. The molecule has 0 unspecified atom stereocenters. The third-order valence-electron chi connectivity index (χ3n) is 9.54. The molecule has 1 aliphatic carbocycles. The Balaban J connectivity index is 1.27. The van der Waals surface area contributed by atoms with Gasteiger partial charge >= 0.3 is 5.97 Å². The second-order valence-corrected chi connectivity index (χ2v) is 14.0. The van der Waals surface area contributed by atoms with Crippen LogP contribution in [0, 0.1) is 11.6 Å². The highest BCUT2D eigenvalue weighted by Crippen LogP contribution is 2.38. The standard InChI is InChI=1S/C38H38BrF2N3O8/c39-29-14-11-25(40)16-32(29)51-15-3-4-22-7-9-23(10-8-22)28-17-26-19-43(37(48)35(52-21-45)34(46)38(49)50)20-31(42-26)33(28)36(47)44(27-12-13-27)18-24-5-1-2-6-30(24)41/h1-2,5-11,14,16,21,26-27,31,34-35,42,46H,3-4,12-13,15,17-20H2,(H,49,50)/t26-,31-,34+,35+/m1/s1. The number of carbonyl (C=O) groups is 4. The van der Waals surface area contributed by atoms with Crippen molar-refractivity contribution in [1.29, 1.82) is 0 Å². The van der Waals surface area contributed by atoms with E-state index < -0.39 is 35.9 Å². The van der Waals surface area contributed by atoms with Crippen LogP contribution in [0.5, 0.6) is 5.75 Å². The number of carboxylic acid groups (broad SMARTS) is 1. The van der Waals surface area contributed by atoms with Gasteiger partial charge in [-0.1, -0.05) is 42.5 Å². The van der Waals surface area contributed by atoms with E-state index in [1.54, 1.807) is 29.2 Å². The zero-order chi connectivity index (χ0) is 36.9. The fourth-order valence-corrected chi connectivity index (χ4v) is 7.18. The number of ether oxygens (including phenoxy) is 2. The first-order valence-corrected chi connectivity index (χ1v) is 17.8. The van der Waals surface area contributed by atoms with Crippen LogP contribution in [0.4, 0.5) is 8.78 Å². The van der Waals surface area contributed by atoms with Gasteiger partial charge in [0.2, 0.25) is 6.10 Å². The van der Waals surface area contributed by atoms with E-state index in [2.05, 4.69) is 21.2 Å². The summed E-state index contributed by atoms with van der Waals surface area (Å²) < 4.78 is 39.6. The number of carboxylic acids is 1. The average Bonchev–Trinajstić information content (AvgIpc) is 3.98. The van der Waals surface area contributed by atoms with Gasteiger partial charge in [-0.3, -0.25) is 14.4 Å². The van der Waals surface area contributed by atoms with Crippen molar-refractivity contribution in [2.45, 2.75) is 69.0 Å². The lowest BCUT2D eigenvalue weighted by Gasteiger charge is -2.45. The van der Waals surface area contributed by atoms with Crippen molar-refractivity contribution >= 4 is 45.8 Å². The number of hydrogen-bond acceptors (Lipinski definition) is 8. The Morgan fingerprint density at radius 3 is 2.50 bits per heavy atom. The molecule has 3 N–H and O–H groups in total. The van der Waals surface area contributed by atoms with Gasteiger partial charge in [0.25, 0.3) is 18.3 Å². The lowest BCUT2D eigenvalue weighted by atomic mass is 9.82.